The molecular weight excluding hydrogens is 330 g/mol. The average molecular weight is 344 g/mol. The zero-order chi connectivity index (χ0) is 14.8. The summed E-state index contributed by atoms with van der Waals surface area (Å²) in [4.78, 5) is 17.0. The second-order valence-electron chi connectivity index (χ2n) is 4.80. The molecule has 4 nitrogen and oxygen atoms in total. The summed E-state index contributed by atoms with van der Waals surface area (Å²) in [5.41, 5.74) is 2.13. The van der Waals surface area contributed by atoms with Gasteiger partial charge in [-0.15, -0.1) is 0 Å². The molecule has 5 heteroatoms. The number of fused-ring (bicyclic) bond motifs is 1. The van der Waals surface area contributed by atoms with Crippen molar-refractivity contribution >= 4 is 32.6 Å². The van der Waals surface area contributed by atoms with Crippen LogP contribution in [0.2, 0.25) is 0 Å². The molecule has 0 unspecified atom stereocenters. The molecule has 1 aromatic carbocycles. The lowest BCUT2D eigenvalue weighted by atomic mass is 10.1. The SMILES string of the molecule is CCCn1ncc(Br)c1C(=O)c1ccc2ncccc2c1. The Balaban J connectivity index is 2.06. The molecule has 0 saturated heterocycles. The normalized spacial score (nSPS) is 11.0. The summed E-state index contributed by atoms with van der Waals surface area (Å²) in [6, 6.07) is 9.39. The Bertz CT molecular complexity index is 810. The van der Waals surface area contributed by atoms with Crippen LogP contribution in [0.25, 0.3) is 10.9 Å². The van der Waals surface area contributed by atoms with Crippen LogP contribution in [0.5, 0.6) is 0 Å². The van der Waals surface area contributed by atoms with E-state index in [0.29, 0.717) is 11.3 Å². The van der Waals surface area contributed by atoms with Crippen LogP contribution in [0.1, 0.15) is 29.4 Å². The maximum atomic E-state index is 12.8. The van der Waals surface area contributed by atoms with E-state index in [1.165, 1.54) is 0 Å². The number of benzene rings is 1. The minimum atomic E-state index is -0.0291. The van der Waals surface area contributed by atoms with E-state index in [0.717, 1.165) is 28.3 Å². The van der Waals surface area contributed by atoms with E-state index in [1.807, 2.05) is 30.3 Å². The minimum Gasteiger partial charge on any atom is -0.287 e. The van der Waals surface area contributed by atoms with E-state index in [2.05, 4.69) is 32.9 Å². The lowest BCUT2D eigenvalue weighted by molar-refractivity contribution is 0.102. The average Bonchev–Trinajstić information content (AvgIpc) is 2.87. The van der Waals surface area contributed by atoms with Crippen molar-refractivity contribution in [3.05, 3.63) is 58.5 Å². The van der Waals surface area contributed by atoms with E-state index in [-0.39, 0.29) is 5.78 Å². The molecule has 0 atom stereocenters. The van der Waals surface area contributed by atoms with Crippen molar-refractivity contribution in [2.24, 2.45) is 0 Å². The summed E-state index contributed by atoms with van der Waals surface area (Å²) >= 11 is 3.42. The second kappa shape index (κ2) is 5.77. The first-order valence-corrected chi connectivity index (χ1v) is 7.61. The van der Waals surface area contributed by atoms with Crippen LogP contribution in [0, 0.1) is 0 Å². The number of hydrogen-bond acceptors (Lipinski definition) is 3. The number of aromatic nitrogens is 3. The van der Waals surface area contributed by atoms with Gasteiger partial charge in [0.2, 0.25) is 5.78 Å². The van der Waals surface area contributed by atoms with Gasteiger partial charge in [-0.05, 0) is 46.6 Å². The largest absolute Gasteiger partial charge is 0.287 e. The zero-order valence-corrected chi connectivity index (χ0v) is 13.2. The first-order valence-electron chi connectivity index (χ1n) is 6.81. The van der Waals surface area contributed by atoms with Gasteiger partial charge in [0.15, 0.2) is 0 Å². The third-order valence-electron chi connectivity index (χ3n) is 3.31. The number of carbonyl (C=O) groups is 1. The van der Waals surface area contributed by atoms with Gasteiger partial charge < -0.3 is 0 Å². The fourth-order valence-corrected chi connectivity index (χ4v) is 2.80. The first-order chi connectivity index (χ1) is 10.2. The van der Waals surface area contributed by atoms with Gasteiger partial charge >= 0.3 is 0 Å². The van der Waals surface area contributed by atoms with Gasteiger partial charge in [0, 0.05) is 23.7 Å². The van der Waals surface area contributed by atoms with Gasteiger partial charge in [-0.25, -0.2) is 0 Å². The van der Waals surface area contributed by atoms with Crippen molar-refractivity contribution in [1.29, 1.82) is 0 Å². The van der Waals surface area contributed by atoms with Crippen molar-refractivity contribution in [2.75, 3.05) is 0 Å². The minimum absolute atomic E-state index is 0.0291. The van der Waals surface area contributed by atoms with Gasteiger partial charge in [-0.2, -0.15) is 5.10 Å². The first kappa shape index (κ1) is 13.9. The Kier molecular flexibility index (Phi) is 3.84. The molecule has 0 spiro atoms. The quantitative estimate of drug-likeness (QED) is 0.676. The monoisotopic (exact) mass is 343 g/mol. The highest BCUT2D eigenvalue weighted by Crippen LogP contribution is 2.22. The molecule has 0 N–H and O–H groups in total. The van der Waals surface area contributed by atoms with Crippen LogP contribution in [0.4, 0.5) is 0 Å². The summed E-state index contributed by atoms with van der Waals surface area (Å²) in [7, 11) is 0. The highest BCUT2D eigenvalue weighted by molar-refractivity contribution is 9.10. The maximum Gasteiger partial charge on any atom is 0.212 e. The molecule has 2 aromatic heterocycles. The highest BCUT2D eigenvalue weighted by atomic mass is 79.9. The molecule has 3 aromatic rings. The van der Waals surface area contributed by atoms with Crippen LogP contribution < -0.4 is 0 Å². The summed E-state index contributed by atoms with van der Waals surface area (Å²) in [5, 5.41) is 5.21. The second-order valence-corrected chi connectivity index (χ2v) is 5.66. The molecule has 0 radical (unpaired) electrons. The van der Waals surface area contributed by atoms with Gasteiger partial charge in [0.05, 0.1) is 16.2 Å². The van der Waals surface area contributed by atoms with Crippen LogP contribution >= 0.6 is 15.9 Å². The molecule has 21 heavy (non-hydrogen) atoms. The number of aryl methyl sites for hydroxylation is 1. The molecule has 0 aliphatic heterocycles. The Labute approximate surface area is 130 Å². The smallest absolute Gasteiger partial charge is 0.212 e. The van der Waals surface area contributed by atoms with E-state index in [9.17, 15) is 4.79 Å². The van der Waals surface area contributed by atoms with Crippen molar-refractivity contribution in [3.63, 3.8) is 0 Å². The topological polar surface area (TPSA) is 47.8 Å². The highest BCUT2D eigenvalue weighted by Gasteiger charge is 2.18. The Morgan fingerprint density at radius 2 is 2.19 bits per heavy atom. The molecule has 106 valence electrons. The number of carbonyl (C=O) groups excluding carboxylic acids is 1. The number of rotatable bonds is 4. The molecular formula is C16H14BrN3O. The molecule has 0 aliphatic carbocycles. The van der Waals surface area contributed by atoms with Gasteiger partial charge in [-0.3, -0.25) is 14.5 Å². The summed E-state index contributed by atoms with van der Waals surface area (Å²) in [6.45, 7) is 2.79. The molecule has 0 bridgehead atoms. The lowest BCUT2D eigenvalue weighted by Gasteiger charge is -2.07. The van der Waals surface area contributed by atoms with Crippen LogP contribution in [0.3, 0.4) is 0 Å². The summed E-state index contributed by atoms with van der Waals surface area (Å²) < 4.78 is 2.48. The standard InChI is InChI=1S/C16H14BrN3O/c1-2-8-20-15(13(17)10-19-20)16(21)12-5-6-14-11(9-12)4-3-7-18-14/h3-7,9-10H,2,8H2,1H3. The van der Waals surface area contributed by atoms with E-state index in [1.54, 1.807) is 17.1 Å². The van der Waals surface area contributed by atoms with Crippen molar-refractivity contribution in [1.82, 2.24) is 14.8 Å². The summed E-state index contributed by atoms with van der Waals surface area (Å²) in [6.07, 6.45) is 4.35. The number of nitrogens with zero attached hydrogens (tertiary/aromatic N) is 3. The number of hydrogen-bond donors (Lipinski definition) is 0. The van der Waals surface area contributed by atoms with Crippen molar-refractivity contribution in [2.45, 2.75) is 19.9 Å². The molecule has 0 aliphatic rings. The van der Waals surface area contributed by atoms with Gasteiger partial charge in [0.1, 0.15) is 5.69 Å². The molecule has 2 heterocycles. The maximum absolute atomic E-state index is 12.8. The Morgan fingerprint density at radius 1 is 1.33 bits per heavy atom. The van der Waals surface area contributed by atoms with Crippen molar-refractivity contribution in [3.8, 4) is 0 Å². The predicted molar refractivity (Wildman–Crippen MR) is 85.4 cm³/mol. The molecule has 0 saturated carbocycles. The lowest BCUT2D eigenvalue weighted by Crippen LogP contribution is -2.12. The van der Waals surface area contributed by atoms with Gasteiger partial charge in [-0.1, -0.05) is 13.0 Å². The molecule has 0 fully saturated rings. The zero-order valence-electron chi connectivity index (χ0n) is 11.6. The Morgan fingerprint density at radius 3 is 3.00 bits per heavy atom. The number of halogens is 1. The third kappa shape index (κ3) is 2.61. The van der Waals surface area contributed by atoms with E-state index in [4.69, 9.17) is 0 Å². The fourth-order valence-electron chi connectivity index (χ4n) is 2.32. The predicted octanol–water partition coefficient (Wildman–Crippen LogP) is 3.83. The number of ketones is 1. The fraction of sp³-hybridized carbons (Fsp3) is 0.188. The van der Waals surface area contributed by atoms with Gasteiger partial charge in [0.25, 0.3) is 0 Å². The number of pyridine rings is 1. The molecule has 3 rings (SSSR count). The van der Waals surface area contributed by atoms with Crippen LogP contribution in [0.15, 0.2) is 47.2 Å². The van der Waals surface area contributed by atoms with Crippen LogP contribution in [-0.2, 0) is 6.54 Å². The molecule has 0 amide bonds. The van der Waals surface area contributed by atoms with Crippen molar-refractivity contribution < 1.29 is 4.79 Å². The van der Waals surface area contributed by atoms with E-state index < -0.39 is 0 Å². The third-order valence-corrected chi connectivity index (χ3v) is 3.89. The summed E-state index contributed by atoms with van der Waals surface area (Å²) in [5.74, 6) is -0.0291. The van der Waals surface area contributed by atoms with E-state index >= 15 is 0 Å². The Hall–Kier alpha value is -2.01. The van der Waals surface area contributed by atoms with Crippen LogP contribution in [-0.4, -0.2) is 20.5 Å².